The van der Waals surface area contributed by atoms with Crippen LogP contribution < -0.4 is 0 Å². The van der Waals surface area contributed by atoms with Crippen molar-refractivity contribution < 1.29 is 29.0 Å². The fourth-order valence-corrected chi connectivity index (χ4v) is 6.09. The van der Waals surface area contributed by atoms with E-state index in [1.165, 1.54) is 12.3 Å². The zero-order valence-corrected chi connectivity index (χ0v) is 17.2. The number of amides is 1. The number of aliphatic carboxylic acids is 1. The number of rotatable bonds is 3. The van der Waals surface area contributed by atoms with E-state index in [-0.39, 0.29) is 53.2 Å². The van der Waals surface area contributed by atoms with Crippen LogP contribution >= 0.6 is 11.6 Å². The van der Waals surface area contributed by atoms with Crippen molar-refractivity contribution in [2.45, 2.75) is 25.3 Å². The molecule has 3 heterocycles. The van der Waals surface area contributed by atoms with Crippen LogP contribution in [0.1, 0.15) is 19.3 Å². The number of nitrogens with zero attached hydrogens (tertiary/aromatic N) is 2. The third-order valence-electron chi connectivity index (χ3n) is 7.14. The van der Waals surface area contributed by atoms with E-state index < -0.39 is 29.4 Å². The van der Waals surface area contributed by atoms with E-state index in [0.717, 1.165) is 18.9 Å². The van der Waals surface area contributed by atoms with Crippen LogP contribution in [0.2, 0.25) is 0 Å². The first-order valence-corrected chi connectivity index (χ1v) is 10.6. The first-order valence-electron chi connectivity index (χ1n) is 10.2. The van der Waals surface area contributed by atoms with Gasteiger partial charge in [0.25, 0.3) is 0 Å². The lowest BCUT2D eigenvalue weighted by atomic mass is 9.73. The Kier molecular flexibility index (Phi) is 4.57. The Morgan fingerprint density at radius 1 is 1.32 bits per heavy atom. The molecule has 2 fully saturated rings. The number of fused-ring (bicyclic) bond motifs is 5. The molecule has 7 nitrogen and oxygen atoms in total. The molecule has 2 N–H and O–H groups in total. The first-order chi connectivity index (χ1) is 14.8. The molecule has 5 rings (SSSR count). The quantitative estimate of drug-likeness (QED) is 0.688. The largest absolute Gasteiger partial charge is 0.481 e. The Morgan fingerprint density at radius 3 is 2.71 bits per heavy atom. The predicted molar refractivity (Wildman–Crippen MR) is 109 cm³/mol. The number of allylic oxidation sites excluding steroid dienone is 6. The Morgan fingerprint density at radius 2 is 2.06 bits per heavy atom. The molecular formula is C22H20ClFN2O5. The van der Waals surface area contributed by atoms with Gasteiger partial charge in [-0.1, -0.05) is 11.6 Å². The Hall–Kier alpha value is -2.58. The number of hydrogen-bond donors (Lipinski definition) is 2. The van der Waals surface area contributed by atoms with Gasteiger partial charge >= 0.3 is 5.97 Å². The molecule has 1 amide bonds. The zero-order valence-electron chi connectivity index (χ0n) is 16.5. The minimum atomic E-state index is -1.17. The summed E-state index contributed by atoms with van der Waals surface area (Å²) < 4.78 is 14.8. The molecule has 1 saturated heterocycles. The summed E-state index contributed by atoms with van der Waals surface area (Å²) in [5.41, 5.74) is 0.686. The van der Waals surface area contributed by atoms with E-state index in [9.17, 15) is 29.0 Å². The SMILES string of the molecule is O=C1C=C(F)C2=C(Cl)C=NCC3=C(C2=C1)C(C(=O)O)CN1C(=O)C(CCO)C2(CC2)C31. The molecule has 0 aromatic carbocycles. The molecule has 5 aliphatic rings. The normalized spacial score (nSPS) is 31.1. The Balaban J connectivity index is 1.76. The zero-order chi connectivity index (χ0) is 22.1. The fraction of sp³-hybridized carbons (Fsp3) is 0.455. The van der Waals surface area contributed by atoms with Crippen LogP contribution in [0.4, 0.5) is 4.39 Å². The molecular weight excluding hydrogens is 427 g/mol. The summed E-state index contributed by atoms with van der Waals surface area (Å²) in [6.45, 7) is -0.113. The van der Waals surface area contributed by atoms with Gasteiger partial charge in [-0.25, -0.2) is 4.39 Å². The van der Waals surface area contributed by atoms with E-state index in [2.05, 4.69) is 4.99 Å². The predicted octanol–water partition coefficient (Wildman–Crippen LogP) is 1.93. The highest BCUT2D eigenvalue weighted by atomic mass is 35.5. The number of carbonyl (C=O) groups excluding carboxylic acids is 2. The maximum atomic E-state index is 14.8. The molecule has 0 radical (unpaired) electrons. The summed E-state index contributed by atoms with van der Waals surface area (Å²) in [7, 11) is 0. The smallest absolute Gasteiger partial charge is 0.312 e. The average Bonchev–Trinajstić information content (AvgIpc) is 3.45. The van der Waals surface area contributed by atoms with Gasteiger partial charge in [-0.05, 0) is 42.1 Å². The topological polar surface area (TPSA) is 107 Å². The van der Waals surface area contributed by atoms with Crippen LogP contribution in [0.15, 0.2) is 50.3 Å². The highest BCUT2D eigenvalue weighted by molar-refractivity contribution is 6.40. The summed E-state index contributed by atoms with van der Waals surface area (Å²) in [6.07, 6.45) is 5.22. The van der Waals surface area contributed by atoms with Crippen molar-refractivity contribution in [3.8, 4) is 0 Å². The number of carboxylic acids is 1. The second-order valence-electron chi connectivity index (χ2n) is 8.67. The molecule has 9 heteroatoms. The van der Waals surface area contributed by atoms with E-state index >= 15 is 0 Å². The molecule has 1 spiro atoms. The van der Waals surface area contributed by atoms with Gasteiger partial charge in [0.1, 0.15) is 5.83 Å². The molecule has 3 atom stereocenters. The van der Waals surface area contributed by atoms with Gasteiger partial charge in [0.15, 0.2) is 5.78 Å². The van der Waals surface area contributed by atoms with Crippen LogP contribution in [-0.4, -0.2) is 64.7 Å². The Labute approximate surface area is 182 Å². The van der Waals surface area contributed by atoms with Gasteiger partial charge in [0.05, 0.1) is 23.5 Å². The van der Waals surface area contributed by atoms with Gasteiger partial charge in [-0.15, -0.1) is 0 Å². The van der Waals surface area contributed by atoms with Crippen LogP contribution in [0, 0.1) is 17.3 Å². The second-order valence-corrected chi connectivity index (χ2v) is 9.07. The molecule has 0 bridgehead atoms. The molecule has 0 aromatic heterocycles. The van der Waals surface area contributed by atoms with Gasteiger partial charge in [0.2, 0.25) is 5.91 Å². The van der Waals surface area contributed by atoms with Crippen LogP contribution in [0.3, 0.4) is 0 Å². The number of halogens is 2. The van der Waals surface area contributed by atoms with Crippen molar-refractivity contribution in [2.75, 3.05) is 19.7 Å². The number of carbonyl (C=O) groups is 3. The highest BCUT2D eigenvalue weighted by Gasteiger charge is 2.67. The summed E-state index contributed by atoms with van der Waals surface area (Å²) in [6, 6.07) is -0.387. The van der Waals surface area contributed by atoms with Crippen molar-refractivity contribution >= 4 is 35.5 Å². The van der Waals surface area contributed by atoms with Crippen LogP contribution in [-0.2, 0) is 14.4 Å². The van der Waals surface area contributed by atoms with Crippen molar-refractivity contribution in [1.82, 2.24) is 4.90 Å². The molecule has 31 heavy (non-hydrogen) atoms. The number of carboxylic acid groups (broad SMARTS) is 1. The number of hydrogen-bond acceptors (Lipinski definition) is 5. The summed E-state index contributed by atoms with van der Waals surface area (Å²) in [4.78, 5) is 43.6. The second kappa shape index (κ2) is 6.97. The molecule has 0 aromatic rings. The van der Waals surface area contributed by atoms with Gasteiger partial charge in [0, 0.05) is 42.3 Å². The van der Waals surface area contributed by atoms with E-state index in [0.29, 0.717) is 17.6 Å². The average molecular weight is 447 g/mol. The third kappa shape index (κ3) is 2.81. The summed E-state index contributed by atoms with van der Waals surface area (Å²) >= 11 is 6.27. The van der Waals surface area contributed by atoms with Crippen LogP contribution in [0.5, 0.6) is 0 Å². The Bertz CT molecular complexity index is 1080. The van der Waals surface area contributed by atoms with Crippen LogP contribution in [0.25, 0.3) is 0 Å². The van der Waals surface area contributed by atoms with E-state index in [1.807, 2.05) is 0 Å². The van der Waals surface area contributed by atoms with Crippen molar-refractivity contribution in [3.63, 3.8) is 0 Å². The lowest BCUT2D eigenvalue weighted by Crippen LogP contribution is -2.49. The monoisotopic (exact) mass is 446 g/mol. The van der Waals surface area contributed by atoms with Crippen molar-refractivity contribution in [1.29, 1.82) is 0 Å². The van der Waals surface area contributed by atoms with Crippen molar-refractivity contribution in [3.05, 3.63) is 45.3 Å². The number of aliphatic imine (C=N–C) groups is 1. The van der Waals surface area contributed by atoms with Gasteiger partial charge in [-0.2, -0.15) is 0 Å². The lowest BCUT2D eigenvalue weighted by molar-refractivity contribution is -0.142. The van der Waals surface area contributed by atoms with Crippen molar-refractivity contribution in [2.24, 2.45) is 22.2 Å². The van der Waals surface area contributed by atoms with Gasteiger partial charge < -0.3 is 15.1 Å². The minimum absolute atomic E-state index is 0.00703. The lowest BCUT2D eigenvalue weighted by Gasteiger charge is -2.41. The molecule has 162 valence electrons. The molecule has 3 unspecified atom stereocenters. The van der Waals surface area contributed by atoms with E-state index in [1.54, 1.807) is 4.90 Å². The number of aliphatic hydroxyl groups excluding tert-OH is 1. The maximum absolute atomic E-state index is 14.8. The molecule has 1 saturated carbocycles. The highest BCUT2D eigenvalue weighted by Crippen LogP contribution is 2.65. The fourth-order valence-electron chi connectivity index (χ4n) is 5.83. The summed E-state index contributed by atoms with van der Waals surface area (Å²) in [5.74, 6) is -4.28. The maximum Gasteiger partial charge on any atom is 0.312 e. The molecule has 2 aliphatic carbocycles. The third-order valence-corrected chi connectivity index (χ3v) is 7.42. The van der Waals surface area contributed by atoms with Gasteiger partial charge in [-0.3, -0.25) is 19.4 Å². The number of ketones is 1. The number of aliphatic hydroxyl groups is 1. The molecule has 3 aliphatic heterocycles. The standard InChI is InChI=1S/C22H20ClFN2O5/c23-15-8-25-7-12-17(11-5-10(28)6-16(24)18(11)15)13(21(30)31)9-26-19(12)22(2-3-22)14(1-4-27)20(26)29/h5-6,8,13-14,19,27H,1-4,7,9H2,(H,30,31). The first kappa shape index (κ1) is 20.3. The van der Waals surface area contributed by atoms with E-state index in [4.69, 9.17) is 11.6 Å². The summed E-state index contributed by atoms with van der Waals surface area (Å²) in [5, 5.41) is 19.5. The minimum Gasteiger partial charge on any atom is -0.481 e.